The van der Waals surface area contributed by atoms with Gasteiger partial charge in [-0.1, -0.05) is 66.2 Å². The molecule has 0 radical (unpaired) electrons. The highest BCUT2D eigenvalue weighted by molar-refractivity contribution is 4.72. The van der Waals surface area contributed by atoms with Crippen LogP contribution in [0.3, 0.4) is 0 Å². The number of hydrogen-bond donors (Lipinski definition) is 0. The van der Waals surface area contributed by atoms with Gasteiger partial charge in [-0.05, 0) is 30.1 Å². The molecule has 0 heteroatoms. The van der Waals surface area contributed by atoms with Gasteiger partial charge in [-0.15, -0.1) is 0 Å². The zero-order valence-corrected chi connectivity index (χ0v) is 11.3. The van der Waals surface area contributed by atoms with Crippen LogP contribution in [0.5, 0.6) is 0 Å². The summed E-state index contributed by atoms with van der Waals surface area (Å²) in [5.74, 6) is 1.92. The van der Waals surface area contributed by atoms with Crippen molar-refractivity contribution in [2.45, 2.75) is 79.1 Å². The van der Waals surface area contributed by atoms with Gasteiger partial charge in [-0.2, -0.15) is 0 Å². The van der Waals surface area contributed by atoms with Crippen LogP contribution in [0.25, 0.3) is 0 Å². The second kappa shape index (κ2) is 5.92. The summed E-state index contributed by atoms with van der Waals surface area (Å²) in [5.41, 5.74) is 0.596. The van der Waals surface area contributed by atoms with E-state index in [4.69, 9.17) is 0 Å². The average molecular weight is 210 g/mol. The molecule has 0 aliphatic heterocycles. The van der Waals surface area contributed by atoms with E-state index in [0.717, 1.165) is 11.8 Å². The lowest BCUT2D eigenvalue weighted by Crippen LogP contribution is -2.12. The third-order valence-electron chi connectivity index (χ3n) is 4.26. The van der Waals surface area contributed by atoms with Crippen molar-refractivity contribution < 1.29 is 0 Å². The Kier molecular flexibility index (Phi) is 5.15. The first-order valence-corrected chi connectivity index (χ1v) is 6.99. The lowest BCUT2D eigenvalue weighted by molar-refractivity contribution is 0.265. The van der Waals surface area contributed by atoms with Gasteiger partial charge in [-0.25, -0.2) is 0 Å². The predicted octanol–water partition coefficient (Wildman–Crippen LogP) is 5.42. The van der Waals surface area contributed by atoms with Crippen LogP contribution in [-0.2, 0) is 0 Å². The van der Waals surface area contributed by atoms with Gasteiger partial charge in [0.2, 0.25) is 0 Å². The second-order valence-electron chi connectivity index (χ2n) is 6.74. The Balaban J connectivity index is 2.45. The molecule has 1 saturated carbocycles. The van der Waals surface area contributed by atoms with Gasteiger partial charge < -0.3 is 0 Å². The van der Waals surface area contributed by atoms with Crippen molar-refractivity contribution in [3.05, 3.63) is 0 Å². The minimum absolute atomic E-state index is 0.596. The summed E-state index contributed by atoms with van der Waals surface area (Å²) >= 11 is 0. The Bertz CT molecular complexity index is 169. The smallest absolute Gasteiger partial charge is 0.0354 e. The zero-order valence-electron chi connectivity index (χ0n) is 11.3. The molecule has 0 amide bonds. The highest BCUT2D eigenvalue weighted by atomic mass is 14.3. The Hall–Kier alpha value is 0. The van der Waals surface area contributed by atoms with E-state index in [1.54, 1.807) is 0 Å². The maximum absolute atomic E-state index is 2.46. The average Bonchev–Trinajstić information content (AvgIpc) is 2.15. The molecule has 0 unspecified atom stereocenters. The molecule has 0 bridgehead atoms. The van der Waals surface area contributed by atoms with Crippen molar-refractivity contribution in [3.63, 3.8) is 0 Å². The first-order valence-electron chi connectivity index (χ1n) is 6.99. The second-order valence-corrected chi connectivity index (χ2v) is 6.74. The van der Waals surface area contributed by atoms with E-state index < -0.39 is 0 Å². The molecule has 0 saturated heterocycles. The van der Waals surface area contributed by atoms with Crippen molar-refractivity contribution >= 4 is 0 Å². The van der Waals surface area contributed by atoms with Crippen molar-refractivity contribution in [2.24, 2.45) is 17.3 Å². The molecular formula is C15H30. The van der Waals surface area contributed by atoms with Crippen LogP contribution < -0.4 is 0 Å². The third kappa shape index (κ3) is 5.58. The molecule has 0 nitrogen and oxygen atoms in total. The standard InChI is InChI=1S/C15H30/c1-13-7-5-8-14(2)10-12-15(3,4)11-6-9-13/h13-14H,5-12H2,1-4H3/t13-,14-/m0/s1. The molecule has 0 N–H and O–H groups in total. The van der Waals surface area contributed by atoms with Crippen molar-refractivity contribution in [3.8, 4) is 0 Å². The summed E-state index contributed by atoms with van der Waals surface area (Å²) < 4.78 is 0. The quantitative estimate of drug-likeness (QED) is 0.501. The minimum atomic E-state index is 0.596. The molecule has 1 aliphatic rings. The summed E-state index contributed by atoms with van der Waals surface area (Å²) in [4.78, 5) is 0. The Morgan fingerprint density at radius 2 is 1.27 bits per heavy atom. The van der Waals surface area contributed by atoms with Gasteiger partial charge in [0, 0.05) is 0 Å². The number of rotatable bonds is 0. The maximum atomic E-state index is 2.46. The van der Waals surface area contributed by atoms with E-state index in [2.05, 4.69) is 27.7 Å². The van der Waals surface area contributed by atoms with Gasteiger partial charge >= 0.3 is 0 Å². The largest absolute Gasteiger partial charge is 0.0625 e. The summed E-state index contributed by atoms with van der Waals surface area (Å²) in [6.45, 7) is 9.80. The topological polar surface area (TPSA) is 0 Å². The SMILES string of the molecule is C[C@H]1CCC[C@H](C)CCC(C)(C)CCC1. The molecule has 2 atom stereocenters. The molecule has 1 aliphatic carbocycles. The van der Waals surface area contributed by atoms with Gasteiger partial charge in [0.25, 0.3) is 0 Å². The van der Waals surface area contributed by atoms with E-state index in [1.807, 2.05) is 0 Å². The highest BCUT2D eigenvalue weighted by Gasteiger charge is 2.20. The van der Waals surface area contributed by atoms with Crippen LogP contribution in [0.15, 0.2) is 0 Å². The normalized spacial score (nSPS) is 34.4. The molecule has 0 spiro atoms. The zero-order chi connectivity index (χ0) is 11.3. The molecule has 0 aromatic rings. The van der Waals surface area contributed by atoms with Crippen molar-refractivity contribution in [1.29, 1.82) is 0 Å². The molecular weight excluding hydrogens is 180 g/mol. The fourth-order valence-electron chi connectivity index (χ4n) is 2.79. The van der Waals surface area contributed by atoms with Gasteiger partial charge in [-0.3, -0.25) is 0 Å². The number of hydrogen-bond acceptors (Lipinski definition) is 0. The fourth-order valence-corrected chi connectivity index (χ4v) is 2.79. The highest BCUT2D eigenvalue weighted by Crippen LogP contribution is 2.33. The van der Waals surface area contributed by atoms with E-state index in [-0.39, 0.29) is 0 Å². The van der Waals surface area contributed by atoms with Crippen LogP contribution in [0.1, 0.15) is 79.1 Å². The lowest BCUT2D eigenvalue weighted by Gasteiger charge is -2.26. The van der Waals surface area contributed by atoms with Crippen LogP contribution in [0, 0.1) is 17.3 Å². The van der Waals surface area contributed by atoms with E-state index in [9.17, 15) is 0 Å². The van der Waals surface area contributed by atoms with Crippen LogP contribution in [0.2, 0.25) is 0 Å². The van der Waals surface area contributed by atoms with Crippen molar-refractivity contribution in [2.75, 3.05) is 0 Å². The van der Waals surface area contributed by atoms with E-state index >= 15 is 0 Å². The van der Waals surface area contributed by atoms with E-state index in [0.29, 0.717) is 5.41 Å². The molecule has 0 heterocycles. The molecule has 90 valence electrons. The third-order valence-corrected chi connectivity index (χ3v) is 4.26. The summed E-state index contributed by atoms with van der Waals surface area (Å²) in [6, 6.07) is 0. The summed E-state index contributed by atoms with van der Waals surface area (Å²) in [6.07, 6.45) is 11.6. The maximum Gasteiger partial charge on any atom is -0.0354 e. The Labute approximate surface area is 96.8 Å². The molecule has 0 aromatic heterocycles. The first kappa shape index (κ1) is 13.1. The monoisotopic (exact) mass is 210 g/mol. The van der Waals surface area contributed by atoms with Gasteiger partial charge in [0.05, 0.1) is 0 Å². The lowest BCUT2D eigenvalue weighted by atomic mass is 9.80. The van der Waals surface area contributed by atoms with Gasteiger partial charge in [0.1, 0.15) is 0 Å². The van der Waals surface area contributed by atoms with Crippen molar-refractivity contribution in [1.82, 2.24) is 0 Å². The molecule has 1 fully saturated rings. The Morgan fingerprint density at radius 1 is 0.733 bits per heavy atom. The summed E-state index contributed by atoms with van der Waals surface area (Å²) in [5, 5.41) is 0. The molecule has 15 heavy (non-hydrogen) atoms. The first-order chi connectivity index (χ1) is 6.99. The Morgan fingerprint density at radius 3 is 1.93 bits per heavy atom. The minimum Gasteiger partial charge on any atom is -0.0625 e. The van der Waals surface area contributed by atoms with Crippen LogP contribution >= 0.6 is 0 Å². The van der Waals surface area contributed by atoms with Crippen LogP contribution in [0.4, 0.5) is 0 Å². The molecule has 0 aromatic carbocycles. The van der Waals surface area contributed by atoms with Crippen LogP contribution in [-0.4, -0.2) is 0 Å². The predicted molar refractivity (Wildman–Crippen MR) is 69.0 cm³/mol. The molecule has 1 rings (SSSR count). The fraction of sp³-hybridized carbons (Fsp3) is 1.00. The summed E-state index contributed by atoms with van der Waals surface area (Å²) in [7, 11) is 0. The van der Waals surface area contributed by atoms with Gasteiger partial charge in [0.15, 0.2) is 0 Å². The van der Waals surface area contributed by atoms with E-state index in [1.165, 1.54) is 51.4 Å².